The summed E-state index contributed by atoms with van der Waals surface area (Å²) < 4.78 is 0. The summed E-state index contributed by atoms with van der Waals surface area (Å²) in [5.41, 5.74) is 8.01. The zero-order valence-electron chi connectivity index (χ0n) is 9.87. The van der Waals surface area contributed by atoms with E-state index in [4.69, 9.17) is 5.73 Å². The maximum Gasteiger partial charge on any atom is 0.253 e. The van der Waals surface area contributed by atoms with E-state index in [1.54, 1.807) is 11.3 Å². The lowest BCUT2D eigenvalue weighted by molar-refractivity contribution is 0.0964. The highest BCUT2D eigenvalue weighted by Crippen LogP contribution is 2.40. The van der Waals surface area contributed by atoms with Gasteiger partial charge >= 0.3 is 0 Å². The van der Waals surface area contributed by atoms with Crippen molar-refractivity contribution >= 4 is 17.2 Å². The summed E-state index contributed by atoms with van der Waals surface area (Å²) in [5, 5.41) is 5.12. The highest BCUT2D eigenvalue weighted by molar-refractivity contribution is 7.10. The molecule has 0 atom stereocenters. The van der Waals surface area contributed by atoms with Crippen LogP contribution in [0.5, 0.6) is 0 Å². The number of thiophene rings is 1. The van der Waals surface area contributed by atoms with Gasteiger partial charge in [-0.05, 0) is 55.0 Å². The molecule has 92 valence electrons. The first-order valence-corrected chi connectivity index (χ1v) is 7.26. The van der Waals surface area contributed by atoms with Crippen molar-refractivity contribution in [1.29, 1.82) is 0 Å². The van der Waals surface area contributed by atoms with Crippen LogP contribution < -0.4 is 11.1 Å². The van der Waals surface area contributed by atoms with Crippen LogP contribution in [0.2, 0.25) is 0 Å². The summed E-state index contributed by atoms with van der Waals surface area (Å²) >= 11 is 1.73. The van der Waals surface area contributed by atoms with Gasteiger partial charge in [-0.2, -0.15) is 0 Å². The summed E-state index contributed by atoms with van der Waals surface area (Å²) in [5.74, 6) is 1.42. The second-order valence-corrected chi connectivity index (χ2v) is 6.09. The van der Waals surface area contributed by atoms with Crippen molar-refractivity contribution in [2.75, 3.05) is 6.54 Å². The maximum absolute atomic E-state index is 11.8. The van der Waals surface area contributed by atoms with Crippen molar-refractivity contribution in [3.63, 3.8) is 0 Å². The predicted molar refractivity (Wildman–Crippen MR) is 69.2 cm³/mol. The normalized spacial score (nSPS) is 27.9. The van der Waals surface area contributed by atoms with E-state index in [2.05, 4.69) is 10.7 Å². The van der Waals surface area contributed by atoms with E-state index in [1.807, 2.05) is 0 Å². The fraction of sp³-hybridized carbons (Fsp3) is 0.615. The van der Waals surface area contributed by atoms with Gasteiger partial charge in [0.2, 0.25) is 0 Å². The third-order valence-corrected chi connectivity index (χ3v) is 5.16. The van der Waals surface area contributed by atoms with Gasteiger partial charge in [-0.3, -0.25) is 4.79 Å². The van der Waals surface area contributed by atoms with E-state index in [0.717, 1.165) is 18.7 Å². The molecule has 1 aromatic heterocycles. The number of amides is 1. The highest BCUT2D eigenvalue weighted by Gasteiger charge is 2.30. The Morgan fingerprint density at radius 3 is 2.82 bits per heavy atom. The van der Waals surface area contributed by atoms with Crippen LogP contribution in [0.1, 0.15) is 52.4 Å². The quantitative estimate of drug-likeness (QED) is 0.845. The SMILES string of the molecule is NCC1CCC(c2csc3c2C(=O)NC3)CC1. The van der Waals surface area contributed by atoms with Gasteiger partial charge in [0.05, 0.1) is 12.1 Å². The smallest absolute Gasteiger partial charge is 0.253 e. The van der Waals surface area contributed by atoms with Gasteiger partial charge in [0.25, 0.3) is 5.91 Å². The van der Waals surface area contributed by atoms with E-state index >= 15 is 0 Å². The molecule has 1 saturated carbocycles. The molecule has 1 aromatic rings. The summed E-state index contributed by atoms with van der Waals surface area (Å²) in [4.78, 5) is 13.0. The van der Waals surface area contributed by atoms with Gasteiger partial charge < -0.3 is 11.1 Å². The van der Waals surface area contributed by atoms with Crippen molar-refractivity contribution in [3.8, 4) is 0 Å². The number of carbonyl (C=O) groups is 1. The molecular weight excluding hydrogens is 232 g/mol. The number of nitrogens with one attached hydrogen (secondary N) is 1. The topological polar surface area (TPSA) is 55.1 Å². The second-order valence-electron chi connectivity index (χ2n) is 5.13. The van der Waals surface area contributed by atoms with Crippen molar-refractivity contribution in [3.05, 3.63) is 21.4 Å². The molecule has 1 fully saturated rings. The fourth-order valence-corrected chi connectivity index (χ4v) is 4.12. The van der Waals surface area contributed by atoms with Crippen LogP contribution >= 0.6 is 11.3 Å². The Morgan fingerprint density at radius 2 is 2.12 bits per heavy atom. The fourth-order valence-electron chi connectivity index (χ4n) is 3.06. The minimum Gasteiger partial charge on any atom is -0.347 e. The van der Waals surface area contributed by atoms with Gasteiger partial charge in [0.15, 0.2) is 0 Å². The minimum absolute atomic E-state index is 0.136. The van der Waals surface area contributed by atoms with Gasteiger partial charge in [-0.1, -0.05) is 0 Å². The van der Waals surface area contributed by atoms with Crippen molar-refractivity contribution in [2.45, 2.75) is 38.1 Å². The molecule has 0 spiro atoms. The molecule has 3 N–H and O–H groups in total. The average molecular weight is 250 g/mol. The average Bonchev–Trinajstić information content (AvgIpc) is 2.93. The molecule has 2 heterocycles. The standard InChI is InChI=1S/C13H18N2OS/c14-5-8-1-3-9(4-2-8)10-7-17-11-6-15-13(16)12(10)11/h7-9H,1-6,14H2,(H,15,16). The van der Waals surface area contributed by atoms with Gasteiger partial charge in [-0.25, -0.2) is 0 Å². The van der Waals surface area contributed by atoms with Crippen molar-refractivity contribution in [2.24, 2.45) is 11.7 Å². The lowest BCUT2D eigenvalue weighted by Gasteiger charge is -2.27. The van der Waals surface area contributed by atoms with E-state index in [9.17, 15) is 4.79 Å². The molecular formula is C13H18N2OS. The summed E-state index contributed by atoms with van der Waals surface area (Å²) in [6.45, 7) is 1.55. The number of fused-ring (bicyclic) bond motifs is 1. The molecule has 1 amide bonds. The Labute approximate surface area is 105 Å². The first-order valence-electron chi connectivity index (χ1n) is 6.38. The van der Waals surface area contributed by atoms with Crippen LogP contribution in [0, 0.1) is 5.92 Å². The van der Waals surface area contributed by atoms with Crippen LogP contribution in [-0.2, 0) is 6.54 Å². The molecule has 2 aliphatic rings. The van der Waals surface area contributed by atoms with Crippen molar-refractivity contribution < 1.29 is 4.79 Å². The first-order chi connectivity index (χ1) is 8.29. The van der Waals surface area contributed by atoms with Gasteiger partial charge in [0, 0.05) is 4.88 Å². The van der Waals surface area contributed by atoms with Crippen LogP contribution in [0.25, 0.3) is 0 Å². The zero-order chi connectivity index (χ0) is 11.8. The third-order valence-electron chi connectivity index (χ3n) is 4.15. The van der Waals surface area contributed by atoms with E-state index in [-0.39, 0.29) is 5.91 Å². The molecule has 0 radical (unpaired) electrons. The third kappa shape index (κ3) is 1.89. The Kier molecular flexibility index (Phi) is 2.92. The molecule has 3 rings (SSSR count). The van der Waals surface area contributed by atoms with Crippen LogP contribution in [-0.4, -0.2) is 12.5 Å². The number of rotatable bonds is 2. The maximum atomic E-state index is 11.8. The van der Waals surface area contributed by atoms with Crippen molar-refractivity contribution in [1.82, 2.24) is 5.32 Å². The monoisotopic (exact) mass is 250 g/mol. The Bertz CT molecular complexity index is 433. The molecule has 0 unspecified atom stereocenters. The Hall–Kier alpha value is -0.870. The molecule has 3 nitrogen and oxygen atoms in total. The molecule has 0 saturated heterocycles. The molecule has 0 bridgehead atoms. The number of nitrogens with two attached hydrogens (primary N) is 1. The molecule has 4 heteroatoms. The van der Waals surface area contributed by atoms with Gasteiger partial charge in [0.1, 0.15) is 0 Å². The van der Waals surface area contributed by atoms with E-state index in [1.165, 1.54) is 36.1 Å². The Balaban J connectivity index is 1.80. The van der Waals surface area contributed by atoms with E-state index < -0.39 is 0 Å². The molecule has 1 aliphatic heterocycles. The molecule has 17 heavy (non-hydrogen) atoms. The molecule has 0 aromatic carbocycles. The lowest BCUT2D eigenvalue weighted by Crippen LogP contribution is -2.21. The lowest BCUT2D eigenvalue weighted by atomic mass is 9.78. The predicted octanol–water partition coefficient (Wildman–Crippen LogP) is 2.22. The number of hydrogen-bond donors (Lipinski definition) is 2. The van der Waals surface area contributed by atoms with Crippen LogP contribution in [0.4, 0.5) is 0 Å². The van der Waals surface area contributed by atoms with E-state index in [0.29, 0.717) is 11.8 Å². The van der Waals surface area contributed by atoms with Crippen LogP contribution in [0.15, 0.2) is 5.38 Å². The van der Waals surface area contributed by atoms with Crippen LogP contribution in [0.3, 0.4) is 0 Å². The first kappa shape index (κ1) is 11.2. The number of carbonyl (C=O) groups excluding carboxylic acids is 1. The number of hydrogen-bond acceptors (Lipinski definition) is 3. The minimum atomic E-state index is 0.136. The zero-order valence-corrected chi connectivity index (χ0v) is 10.7. The largest absolute Gasteiger partial charge is 0.347 e. The second kappa shape index (κ2) is 4.42. The highest BCUT2D eigenvalue weighted by atomic mass is 32.1. The Morgan fingerprint density at radius 1 is 1.35 bits per heavy atom. The summed E-state index contributed by atoms with van der Waals surface area (Å²) in [6, 6.07) is 0. The summed E-state index contributed by atoms with van der Waals surface area (Å²) in [7, 11) is 0. The molecule has 1 aliphatic carbocycles. The summed E-state index contributed by atoms with van der Waals surface area (Å²) in [6.07, 6.45) is 4.82. The van der Waals surface area contributed by atoms with Gasteiger partial charge in [-0.15, -0.1) is 11.3 Å².